The molecule has 1 heterocycles. The molecule has 1 aromatic heterocycles. The number of aryl methyl sites for hydroxylation is 1. The molecule has 2 aromatic rings. The normalized spacial score (nSPS) is 10.5. The van der Waals surface area contributed by atoms with E-state index in [0.717, 1.165) is 23.4 Å². The van der Waals surface area contributed by atoms with Crippen LogP contribution in [0.15, 0.2) is 41.3 Å². The highest BCUT2D eigenvalue weighted by atomic mass is 16.3. The first-order valence-electron chi connectivity index (χ1n) is 5.63. The first kappa shape index (κ1) is 11.5. The zero-order valence-corrected chi connectivity index (χ0v) is 9.97. The van der Waals surface area contributed by atoms with E-state index in [1.807, 2.05) is 24.5 Å². The van der Waals surface area contributed by atoms with Crippen LogP contribution in [0.5, 0.6) is 5.75 Å². The predicted octanol–water partition coefficient (Wildman–Crippen LogP) is 2.55. The highest BCUT2D eigenvalue weighted by molar-refractivity contribution is 5.66. The fourth-order valence-corrected chi connectivity index (χ4v) is 1.92. The molecule has 0 aliphatic carbocycles. The van der Waals surface area contributed by atoms with E-state index >= 15 is 0 Å². The number of aromatic hydroxyl groups is 1. The minimum atomic E-state index is -0.0209. The first-order chi connectivity index (χ1) is 8.13. The lowest BCUT2D eigenvalue weighted by atomic mass is 10.0. The topological polar surface area (TPSA) is 42.2 Å². The molecule has 0 saturated carbocycles. The monoisotopic (exact) mass is 229 g/mol. The van der Waals surface area contributed by atoms with E-state index in [4.69, 9.17) is 0 Å². The van der Waals surface area contributed by atoms with Gasteiger partial charge in [0.2, 0.25) is 0 Å². The average molecular weight is 229 g/mol. The Labute approximate surface area is 100.0 Å². The highest BCUT2D eigenvalue weighted by Gasteiger charge is 2.08. The maximum absolute atomic E-state index is 11.5. The number of phenolic OH excluding ortho intramolecular Hbond substituents is 1. The lowest BCUT2D eigenvalue weighted by Gasteiger charge is -2.13. The highest BCUT2D eigenvalue weighted by Crippen LogP contribution is 2.28. The van der Waals surface area contributed by atoms with Gasteiger partial charge in [-0.15, -0.1) is 0 Å². The molecule has 0 unspecified atom stereocenters. The molecule has 0 radical (unpaired) electrons. The van der Waals surface area contributed by atoms with Crippen LogP contribution < -0.4 is 5.43 Å². The third-order valence-electron chi connectivity index (χ3n) is 2.93. The Morgan fingerprint density at radius 3 is 2.76 bits per heavy atom. The van der Waals surface area contributed by atoms with Crippen LogP contribution in [-0.2, 0) is 6.54 Å². The molecule has 0 aliphatic rings. The van der Waals surface area contributed by atoms with Crippen molar-refractivity contribution < 1.29 is 5.11 Å². The van der Waals surface area contributed by atoms with Crippen LogP contribution in [0.4, 0.5) is 0 Å². The summed E-state index contributed by atoms with van der Waals surface area (Å²) in [7, 11) is 0. The van der Waals surface area contributed by atoms with Crippen LogP contribution >= 0.6 is 0 Å². The van der Waals surface area contributed by atoms with E-state index in [-0.39, 0.29) is 11.2 Å². The molecule has 3 nitrogen and oxygen atoms in total. The van der Waals surface area contributed by atoms with Gasteiger partial charge in [0, 0.05) is 36.0 Å². The number of hydrogen-bond donors (Lipinski definition) is 1. The van der Waals surface area contributed by atoms with Crippen LogP contribution in [0, 0.1) is 6.92 Å². The van der Waals surface area contributed by atoms with Gasteiger partial charge in [-0.3, -0.25) is 4.79 Å². The van der Waals surface area contributed by atoms with Gasteiger partial charge in [-0.25, -0.2) is 0 Å². The minimum Gasteiger partial charge on any atom is -0.508 e. The van der Waals surface area contributed by atoms with Crippen molar-refractivity contribution in [3.8, 4) is 17.0 Å². The van der Waals surface area contributed by atoms with Crippen molar-refractivity contribution in [1.82, 2.24) is 4.57 Å². The summed E-state index contributed by atoms with van der Waals surface area (Å²) in [4.78, 5) is 11.5. The third-order valence-corrected chi connectivity index (χ3v) is 2.93. The third kappa shape index (κ3) is 2.09. The van der Waals surface area contributed by atoms with Crippen LogP contribution in [-0.4, -0.2) is 9.67 Å². The Morgan fingerprint density at radius 1 is 1.29 bits per heavy atom. The molecule has 3 heteroatoms. The molecule has 0 fully saturated rings. The fourth-order valence-electron chi connectivity index (χ4n) is 1.92. The molecule has 1 aromatic carbocycles. The summed E-state index contributed by atoms with van der Waals surface area (Å²) in [5.74, 6) is 0.251. The molecule has 0 bridgehead atoms. The maximum Gasteiger partial charge on any atom is 0.182 e. The van der Waals surface area contributed by atoms with Gasteiger partial charge in [0.15, 0.2) is 5.43 Å². The Kier molecular flexibility index (Phi) is 3.00. The van der Waals surface area contributed by atoms with Crippen molar-refractivity contribution in [1.29, 1.82) is 0 Å². The smallest absolute Gasteiger partial charge is 0.182 e. The van der Waals surface area contributed by atoms with E-state index in [0.29, 0.717) is 0 Å². The molecule has 0 aliphatic heterocycles. The lowest BCUT2D eigenvalue weighted by molar-refractivity contribution is 0.471. The minimum absolute atomic E-state index is 0.0209. The molecule has 0 saturated heterocycles. The second kappa shape index (κ2) is 4.45. The van der Waals surface area contributed by atoms with Crippen LogP contribution in [0.3, 0.4) is 0 Å². The van der Waals surface area contributed by atoms with E-state index < -0.39 is 0 Å². The molecular formula is C14H15NO2. The zero-order valence-electron chi connectivity index (χ0n) is 9.97. The average Bonchev–Trinajstić information content (AvgIpc) is 2.33. The quantitative estimate of drug-likeness (QED) is 0.859. The van der Waals surface area contributed by atoms with Gasteiger partial charge < -0.3 is 9.67 Å². The molecule has 1 N–H and O–H groups in total. The van der Waals surface area contributed by atoms with Crippen molar-refractivity contribution >= 4 is 0 Å². The number of nitrogens with zero attached hydrogens (tertiary/aromatic N) is 1. The van der Waals surface area contributed by atoms with Crippen LogP contribution in [0.25, 0.3) is 11.3 Å². The standard InChI is InChI=1S/C14H15NO2/c1-3-15-8-7-11(16)9-13(15)12-5-4-6-14(17)10(12)2/h4-9,17H,3H2,1-2H3. The Hall–Kier alpha value is -2.03. The summed E-state index contributed by atoms with van der Waals surface area (Å²) in [6.07, 6.45) is 1.78. The Bertz CT molecular complexity index is 599. The van der Waals surface area contributed by atoms with Gasteiger partial charge in [-0.1, -0.05) is 12.1 Å². The molecule has 0 spiro atoms. The van der Waals surface area contributed by atoms with Gasteiger partial charge in [-0.05, 0) is 19.9 Å². The van der Waals surface area contributed by atoms with Crippen molar-refractivity contribution in [2.75, 3.05) is 0 Å². The fraction of sp³-hybridized carbons (Fsp3) is 0.214. The van der Waals surface area contributed by atoms with Crippen molar-refractivity contribution in [3.05, 3.63) is 52.3 Å². The SMILES string of the molecule is CCn1ccc(=O)cc1-c1cccc(O)c1C. The van der Waals surface area contributed by atoms with E-state index in [1.54, 1.807) is 30.5 Å². The molecular weight excluding hydrogens is 214 g/mol. The second-order valence-corrected chi connectivity index (χ2v) is 3.98. The van der Waals surface area contributed by atoms with Gasteiger partial charge in [-0.2, -0.15) is 0 Å². The number of rotatable bonds is 2. The number of phenols is 1. The largest absolute Gasteiger partial charge is 0.508 e. The van der Waals surface area contributed by atoms with Crippen LogP contribution in [0.2, 0.25) is 0 Å². The summed E-state index contributed by atoms with van der Waals surface area (Å²) < 4.78 is 1.99. The second-order valence-electron chi connectivity index (χ2n) is 3.98. The predicted molar refractivity (Wildman–Crippen MR) is 68.2 cm³/mol. The first-order valence-corrected chi connectivity index (χ1v) is 5.63. The molecule has 88 valence electrons. The summed E-state index contributed by atoms with van der Waals surface area (Å²) in [5.41, 5.74) is 2.51. The maximum atomic E-state index is 11.5. The summed E-state index contributed by atoms with van der Waals surface area (Å²) in [6, 6.07) is 8.50. The van der Waals surface area contributed by atoms with Crippen LogP contribution in [0.1, 0.15) is 12.5 Å². The van der Waals surface area contributed by atoms with Gasteiger partial charge >= 0.3 is 0 Å². The van der Waals surface area contributed by atoms with Crippen molar-refractivity contribution in [2.45, 2.75) is 20.4 Å². The van der Waals surface area contributed by atoms with Crippen molar-refractivity contribution in [2.24, 2.45) is 0 Å². The molecule has 2 rings (SSSR count). The van der Waals surface area contributed by atoms with E-state index in [1.165, 1.54) is 0 Å². The number of hydrogen-bond acceptors (Lipinski definition) is 2. The lowest BCUT2D eigenvalue weighted by Crippen LogP contribution is -2.07. The molecule has 0 amide bonds. The summed E-state index contributed by atoms with van der Waals surface area (Å²) in [6.45, 7) is 4.65. The van der Waals surface area contributed by atoms with Gasteiger partial charge in [0.05, 0.1) is 5.69 Å². The molecule has 17 heavy (non-hydrogen) atoms. The summed E-state index contributed by atoms with van der Waals surface area (Å²) in [5, 5.41) is 9.71. The Morgan fingerprint density at radius 2 is 2.06 bits per heavy atom. The zero-order chi connectivity index (χ0) is 12.4. The number of pyridine rings is 1. The van der Waals surface area contributed by atoms with E-state index in [2.05, 4.69) is 0 Å². The summed E-state index contributed by atoms with van der Waals surface area (Å²) >= 11 is 0. The number of aromatic nitrogens is 1. The Balaban J connectivity index is 2.71. The van der Waals surface area contributed by atoms with Gasteiger partial charge in [0.25, 0.3) is 0 Å². The van der Waals surface area contributed by atoms with Crippen molar-refractivity contribution in [3.63, 3.8) is 0 Å². The van der Waals surface area contributed by atoms with E-state index in [9.17, 15) is 9.90 Å². The number of benzene rings is 1. The molecule has 0 atom stereocenters. The van der Waals surface area contributed by atoms with Gasteiger partial charge in [0.1, 0.15) is 5.75 Å².